The number of ether oxygens (including phenoxy) is 2. The Morgan fingerprint density at radius 2 is 0.800 bits per heavy atom. The molecule has 2 aliphatic carbocycles. The average molecular weight is 547 g/mol. The average Bonchev–Trinajstić information content (AvgIpc) is 3.01. The van der Waals surface area contributed by atoms with Gasteiger partial charge in [-0.25, -0.2) is 0 Å². The third-order valence-electron chi connectivity index (χ3n) is 10.0. The van der Waals surface area contributed by atoms with Gasteiger partial charge in [-0.3, -0.25) is 0 Å². The van der Waals surface area contributed by atoms with E-state index in [-0.39, 0.29) is 0 Å². The highest BCUT2D eigenvalue weighted by atomic mass is 16.5. The molecular weight excluding hydrogens is 488 g/mol. The first kappa shape index (κ1) is 31.0. The zero-order chi connectivity index (χ0) is 27.8. The van der Waals surface area contributed by atoms with Crippen LogP contribution >= 0.6 is 0 Å². The molecule has 2 fully saturated rings. The van der Waals surface area contributed by atoms with Crippen molar-refractivity contribution >= 4 is 0 Å². The van der Waals surface area contributed by atoms with Gasteiger partial charge < -0.3 is 9.47 Å². The SMILES string of the molecule is CCCCC1CCCCC1CCCOc1ccc(-c2ccc(OCCCC3CCCCC3CCCC)cc2)cc1. The lowest BCUT2D eigenvalue weighted by Gasteiger charge is -2.31. The van der Waals surface area contributed by atoms with Crippen molar-refractivity contribution in [2.24, 2.45) is 23.7 Å². The fourth-order valence-corrected chi connectivity index (χ4v) is 7.58. The first-order chi connectivity index (χ1) is 19.8. The van der Waals surface area contributed by atoms with Crippen molar-refractivity contribution in [3.8, 4) is 22.6 Å². The van der Waals surface area contributed by atoms with Crippen LogP contribution < -0.4 is 9.47 Å². The summed E-state index contributed by atoms with van der Waals surface area (Å²) in [5.74, 6) is 5.77. The second kappa shape index (κ2) is 17.8. The minimum absolute atomic E-state index is 0.836. The van der Waals surface area contributed by atoms with Crippen LogP contribution in [0.4, 0.5) is 0 Å². The van der Waals surface area contributed by atoms with E-state index in [1.54, 1.807) is 0 Å². The Labute approximate surface area is 246 Å². The molecule has 2 aromatic rings. The largest absolute Gasteiger partial charge is 0.494 e. The van der Waals surface area contributed by atoms with Gasteiger partial charge in [0.15, 0.2) is 0 Å². The molecule has 0 bridgehead atoms. The Kier molecular flexibility index (Phi) is 13.8. The van der Waals surface area contributed by atoms with Crippen molar-refractivity contribution in [1.82, 2.24) is 0 Å². The third-order valence-corrected chi connectivity index (χ3v) is 10.0. The van der Waals surface area contributed by atoms with Crippen molar-refractivity contribution in [2.45, 2.75) is 129 Å². The Hall–Kier alpha value is -1.96. The molecule has 0 amide bonds. The Bertz CT molecular complexity index is 840. The van der Waals surface area contributed by atoms with E-state index in [4.69, 9.17) is 9.47 Å². The third kappa shape index (κ3) is 10.1. The Balaban J connectivity index is 1.14. The summed E-state index contributed by atoms with van der Waals surface area (Å²) in [7, 11) is 0. The van der Waals surface area contributed by atoms with E-state index in [9.17, 15) is 0 Å². The summed E-state index contributed by atoms with van der Waals surface area (Å²) in [5, 5.41) is 0. The molecular formula is C38H58O2. The monoisotopic (exact) mass is 546 g/mol. The molecule has 0 saturated heterocycles. The highest BCUT2D eigenvalue weighted by Gasteiger charge is 2.25. The van der Waals surface area contributed by atoms with Crippen molar-refractivity contribution in [3.05, 3.63) is 48.5 Å². The Morgan fingerprint density at radius 3 is 1.12 bits per heavy atom. The fourth-order valence-electron chi connectivity index (χ4n) is 7.58. The van der Waals surface area contributed by atoms with Crippen molar-refractivity contribution in [1.29, 1.82) is 0 Å². The van der Waals surface area contributed by atoms with Gasteiger partial charge in [-0.1, -0.05) is 128 Å². The van der Waals surface area contributed by atoms with Gasteiger partial charge in [0.25, 0.3) is 0 Å². The molecule has 2 nitrogen and oxygen atoms in total. The van der Waals surface area contributed by atoms with Gasteiger partial charge in [0, 0.05) is 0 Å². The van der Waals surface area contributed by atoms with Gasteiger partial charge in [-0.15, -0.1) is 0 Å². The molecule has 0 spiro atoms. The molecule has 2 saturated carbocycles. The van der Waals surface area contributed by atoms with E-state index in [0.717, 1.165) is 48.4 Å². The summed E-state index contributed by atoms with van der Waals surface area (Å²) in [4.78, 5) is 0. The van der Waals surface area contributed by atoms with E-state index in [0.29, 0.717) is 0 Å². The molecule has 2 aliphatic rings. The quantitative estimate of drug-likeness (QED) is 0.184. The highest BCUT2D eigenvalue weighted by molar-refractivity contribution is 5.64. The first-order valence-electron chi connectivity index (χ1n) is 17.2. The minimum Gasteiger partial charge on any atom is -0.494 e. The molecule has 40 heavy (non-hydrogen) atoms. The Morgan fingerprint density at radius 1 is 0.475 bits per heavy atom. The second-order valence-electron chi connectivity index (χ2n) is 12.9. The molecule has 2 aromatic carbocycles. The fraction of sp³-hybridized carbons (Fsp3) is 0.684. The van der Waals surface area contributed by atoms with Crippen molar-refractivity contribution < 1.29 is 9.47 Å². The summed E-state index contributed by atoms with van der Waals surface area (Å²) >= 11 is 0. The molecule has 4 atom stereocenters. The normalized spacial score (nSPS) is 23.1. The number of benzene rings is 2. The second-order valence-corrected chi connectivity index (χ2v) is 12.9. The first-order valence-corrected chi connectivity index (χ1v) is 17.2. The van der Waals surface area contributed by atoms with Gasteiger partial charge in [0.1, 0.15) is 11.5 Å². The molecule has 0 aromatic heterocycles. The maximum Gasteiger partial charge on any atom is 0.119 e. The molecule has 2 heteroatoms. The van der Waals surface area contributed by atoms with Crippen LogP contribution in [0, 0.1) is 23.7 Å². The van der Waals surface area contributed by atoms with Crippen LogP contribution in [0.2, 0.25) is 0 Å². The van der Waals surface area contributed by atoms with Crippen LogP contribution in [-0.4, -0.2) is 13.2 Å². The molecule has 0 N–H and O–H groups in total. The van der Waals surface area contributed by atoms with E-state index >= 15 is 0 Å². The van der Waals surface area contributed by atoms with Gasteiger partial charge in [0.05, 0.1) is 13.2 Å². The predicted octanol–water partition coefficient (Wildman–Crippen LogP) is 11.7. The minimum atomic E-state index is 0.836. The number of hydrogen-bond donors (Lipinski definition) is 0. The van der Waals surface area contributed by atoms with Gasteiger partial charge in [-0.2, -0.15) is 0 Å². The highest BCUT2D eigenvalue weighted by Crippen LogP contribution is 2.37. The van der Waals surface area contributed by atoms with E-state index in [1.165, 1.54) is 127 Å². The lowest BCUT2D eigenvalue weighted by atomic mass is 9.75. The molecule has 222 valence electrons. The van der Waals surface area contributed by atoms with Gasteiger partial charge >= 0.3 is 0 Å². The lowest BCUT2D eigenvalue weighted by molar-refractivity contribution is 0.191. The zero-order valence-corrected chi connectivity index (χ0v) is 25.9. The van der Waals surface area contributed by atoms with Crippen LogP contribution in [0.3, 0.4) is 0 Å². The lowest BCUT2D eigenvalue weighted by Crippen LogP contribution is -2.20. The van der Waals surface area contributed by atoms with E-state index in [2.05, 4.69) is 62.4 Å². The van der Waals surface area contributed by atoms with Gasteiger partial charge in [0.2, 0.25) is 0 Å². The summed E-state index contributed by atoms with van der Waals surface area (Å²) in [6.45, 7) is 6.32. The van der Waals surface area contributed by atoms with Crippen LogP contribution in [0.15, 0.2) is 48.5 Å². The van der Waals surface area contributed by atoms with Gasteiger partial charge in [-0.05, 0) is 84.7 Å². The van der Waals surface area contributed by atoms with E-state index in [1.807, 2.05) is 0 Å². The molecule has 4 unspecified atom stereocenters. The van der Waals surface area contributed by atoms with Crippen LogP contribution in [0.1, 0.15) is 129 Å². The number of unbranched alkanes of at least 4 members (excludes halogenated alkanes) is 2. The predicted molar refractivity (Wildman–Crippen MR) is 171 cm³/mol. The molecule has 0 aliphatic heterocycles. The van der Waals surface area contributed by atoms with Crippen molar-refractivity contribution in [3.63, 3.8) is 0 Å². The summed E-state index contributed by atoms with van der Waals surface area (Å²) in [6.07, 6.45) is 24.9. The maximum atomic E-state index is 6.13. The molecule has 4 rings (SSSR count). The topological polar surface area (TPSA) is 18.5 Å². The molecule has 0 radical (unpaired) electrons. The smallest absolute Gasteiger partial charge is 0.119 e. The zero-order valence-electron chi connectivity index (χ0n) is 25.9. The molecule has 0 heterocycles. The number of rotatable bonds is 17. The number of hydrogen-bond acceptors (Lipinski definition) is 2. The van der Waals surface area contributed by atoms with Crippen molar-refractivity contribution in [2.75, 3.05) is 13.2 Å². The standard InChI is InChI=1S/C38H58O2/c1-3-5-13-31-15-7-9-17-33(31)19-11-29-39-37-25-21-35(22-26-37)36-23-27-38(28-24-36)40-30-12-20-34-18-10-8-16-32(34)14-6-4-2/h21-28,31-34H,3-20,29-30H2,1-2H3. The van der Waals surface area contributed by atoms with Crippen LogP contribution in [-0.2, 0) is 0 Å². The summed E-state index contributed by atoms with van der Waals surface area (Å²) < 4.78 is 12.3. The summed E-state index contributed by atoms with van der Waals surface area (Å²) in [6, 6.07) is 17.3. The maximum absolute atomic E-state index is 6.13. The van der Waals surface area contributed by atoms with Crippen LogP contribution in [0.5, 0.6) is 11.5 Å². The van der Waals surface area contributed by atoms with Crippen LogP contribution in [0.25, 0.3) is 11.1 Å². The summed E-state index contributed by atoms with van der Waals surface area (Å²) in [5.41, 5.74) is 2.46. The van der Waals surface area contributed by atoms with E-state index < -0.39 is 0 Å².